The molecule has 0 bridgehead atoms. The van der Waals surface area contributed by atoms with Crippen molar-refractivity contribution in [3.8, 4) is 0 Å². The highest BCUT2D eigenvalue weighted by molar-refractivity contribution is 6.21. The summed E-state index contributed by atoms with van der Waals surface area (Å²) in [6, 6.07) is -1.34. The van der Waals surface area contributed by atoms with Crippen LogP contribution in [-0.2, 0) is 9.59 Å². The summed E-state index contributed by atoms with van der Waals surface area (Å²) >= 11 is 0. The molecule has 0 saturated carbocycles. The van der Waals surface area contributed by atoms with Crippen molar-refractivity contribution < 1.29 is 19.8 Å². The second kappa shape index (κ2) is 5.65. The van der Waals surface area contributed by atoms with Crippen LogP contribution in [0.15, 0.2) is 9.98 Å². The van der Waals surface area contributed by atoms with Crippen LogP contribution in [0.5, 0.6) is 0 Å². The molecular formula is C11H17N5O4. The molecule has 4 atom stereocenters. The lowest BCUT2D eigenvalue weighted by atomic mass is 10.0. The zero-order valence-corrected chi connectivity index (χ0v) is 11.1. The summed E-state index contributed by atoms with van der Waals surface area (Å²) in [5.41, 5.74) is 0. The number of amidine groups is 1. The Labute approximate surface area is 115 Å². The number of aliphatic hydroxyl groups excluding tert-OH is 2. The fraction of sp³-hybridized carbons (Fsp3) is 0.636. The Morgan fingerprint density at radius 3 is 2.80 bits per heavy atom. The third kappa shape index (κ3) is 3.00. The minimum absolute atomic E-state index is 0.0359. The number of amides is 2. The number of carbonyl (C=O) groups is 2. The Kier molecular flexibility index (Phi) is 4.12. The molecule has 2 heterocycles. The maximum atomic E-state index is 11.9. The van der Waals surface area contributed by atoms with E-state index in [-0.39, 0.29) is 24.2 Å². The third-order valence-electron chi connectivity index (χ3n) is 3.02. The van der Waals surface area contributed by atoms with E-state index >= 15 is 0 Å². The molecule has 2 aliphatic heterocycles. The lowest BCUT2D eigenvalue weighted by Gasteiger charge is -2.34. The molecule has 5 N–H and O–H groups in total. The topological polar surface area (TPSA) is 135 Å². The van der Waals surface area contributed by atoms with E-state index in [1.54, 1.807) is 0 Å². The first-order valence-corrected chi connectivity index (χ1v) is 6.22. The fourth-order valence-corrected chi connectivity index (χ4v) is 2.02. The Morgan fingerprint density at radius 2 is 2.20 bits per heavy atom. The van der Waals surface area contributed by atoms with Gasteiger partial charge in [0, 0.05) is 6.92 Å². The van der Waals surface area contributed by atoms with Gasteiger partial charge in [0.1, 0.15) is 6.04 Å². The summed E-state index contributed by atoms with van der Waals surface area (Å²) in [6.45, 7) is 2.94. The molecule has 0 aromatic heterocycles. The second-order valence-corrected chi connectivity index (χ2v) is 4.77. The second-order valence-electron chi connectivity index (χ2n) is 4.77. The molecule has 0 fully saturated rings. The number of fused-ring (bicyclic) bond motifs is 1. The van der Waals surface area contributed by atoms with Crippen LogP contribution in [0.4, 0.5) is 0 Å². The summed E-state index contributed by atoms with van der Waals surface area (Å²) in [6.07, 6.45) is -1.97. The molecule has 2 aliphatic rings. The zero-order valence-electron chi connectivity index (χ0n) is 11.1. The SMILES string of the molecule is CC(=O)NC1=NC2=NC[C@H]([C@@H](O)[C@H](C)O)NC2C(=O)N1. The summed E-state index contributed by atoms with van der Waals surface area (Å²) in [7, 11) is 0. The molecule has 0 radical (unpaired) electrons. The van der Waals surface area contributed by atoms with Crippen molar-refractivity contribution in [1.29, 1.82) is 0 Å². The number of guanidine groups is 1. The highest BCUT2D eigenvalue weighted by Gasteiger charge is 2.37. The molecular weight excluding hydrogens is 266 g/mol. The predicted octanol–water partition coefficient (Wildman–Crippen LogP) is -2.91. The van der Waals surface area contributed by atoms with Crippen molar-refractivity contribution >= 4 is 23.6 Å². The average Bonchev–Trinajstić information content (AvgIpc) is 2.36. The van der Waals surface area contributed by atoms with Crippen LogP contribution in [0, 0.1) is 0 Å². The molecule has 0 spiro atoms. The number of aliphatic imine (C=N–C) groups is 2. The van der Waals surface area contributed by atoms with E-state index in [9.17, 15) is 19.8 Å². The van der Waals surface area contributed by atoms with Gasteiger partial charge in [-0.2, -0.15) is 4.99 Å². The van der Waals surface area contributed by atoms with Crippen molar-refractivity contribution in [3.05, 3.63) is 0 Å². The molecule has 20 heavy (non-hydrogen) atoms. The van der Waals surface area contributed by atoms with Gasteiger partial charge in [0.25, 0.3) is 5.91 Å². The highest BCUT2D eigenvalue weighted by atomic mass is 16.3. The minimum Gasteiger partial charge on any atom is -0.391 e. The number of aliphatic hydroxyl groups is 2. The van der Waals surface area contributed by atoms with Crippen LogP contribution in [0.25, 0.3) is 0 Å². The normalized spacial score (nSPS) is 28.5. The van der Waals surface area contributed by atoms with E-state index in [4.69, 9.17) is 0 Å². The van der Waals surface area contributed by atoms with Crippen molar-refractivity contribution in [2.75, 3.05) is 6.54 Å². The molecule has 2 rings (SSSR count). The maximum Gasteiger partial charge on any atom is 0.251 e. The van der Waals surface area contributed by atoms with E-state index in [0.717, 1.165) is 0 Å². The first kappa shape index (κ1) is 14.6. The molecule has 0 aliphatic carbocycles. The van der Waals surface area contributed by atoms with Crippen molar-refractivity contribution in [2.24, 2.45) is 9.98 Å². The molecule has 110 valence electrons. The lowest BCUT2D eigenvalue weighted by molar-refractivity contribution is -0.121. The van der Waals surface area contributed by atoms with E-state index in [1.165, 1.54) is 13.8 Å². The highest BCUT2D eigenvalue weighted by Crippen LogP contribution is 2.11. The van der Waals surface area contributed by atoms with Gasteiger partial charge < -0.3 is 10.2 Å². The number of hydrogen-bond acceptors (Lipinski definition) is 7. The van der Waals surface area contributed by atoms with Crippen molar-refractivity contribution in [3.63, 3.8) is 0 Å². The van der Waals surface area contributed by atoms with Crippen LogP contribution in [0.3, 0.4) is 0 Å². The first-order chi connectivity index (χ1) is 9.38. The fourth-order valence-electron chi connectivity index (χ4n) is 2.02. The van der Waals surface area contributed by atoms with Crippen LogP contribution in [-0.4, -0.2) is 64.7 Å². The van der Waals surface area contributed by atoms with Gasteiger partial charge in [-0.25, -0.2) is 0 Å². The van der Waals surface area contributed by atoms with Crippen molar-refractivity contribution in [1.82, 2.24) is 16.0 Å². The van der Waals surface area contributed by atoms with Crippen LogP contribution < -0.4 is 16.0 Å². The molecule has 9 nitrogen and oxygen atoms in total. The van der Waals surface area contributed by atoms with Crippen LogP contribution >= 0.6 is 0 Å². The molecule has 0 saturated heterocycles. The number of rotatable bonds is 2. The Balaban J connectivity index is 2.16. The van der Waals surface area contributed by atoms with Gasteiger partial charge in [0.05, 0.1) is 24.8 Å². The first-order valence-electron chi connectivity index (χ1n) is 6.22. The predicted molar refractivity (Wildman–Crippen MR) is 70.1 cm³/mol. The molecule has 0 aromatic rings. The third-order valence-corrected chi connectivity index (χ3v) is 3.02. The van der Waals surface area contributed by atoms with E-state index in [2.05, 4.69) is 25.9 Å². The zero-order chi connectivity index (χ0) is 14.9. The average molecular weight is 283 g/mol. The van der Waals surface area contributed by atoms with Gasteiger partial charge in [0.15, 0.2) is 5.84 Å². The van der Waals surface area contributed by atoms with Gasteiger partial charge >= 0.3 is 0 Å². The minimum atomic E-state index is -1.03. The smallest absolute Gasteiger partial charge is 0.251 e. The molecule has 2 amide bonds. The van der Waals surface area contributed by atoms with Gasteiger partial charge in [-0.15, -0.1) is 0 Å². The summed E-state index contributed by atoms with van der Waals surface area (Å²) < 4.78 is 0. The van der Waals surface area contributed by atoms with Gasteiger partial charge in [0.2, 0.25) is 11.9 Å². The maximum absolute atomic E-state index is 11.9. The Bertz CT molecular complexity index is 487. The van der Waals surface area contributed by atoms with Crippen molar-refractivity contribution in [2.45, 2.75) is 38.1 Å². The summed E-state index contributed by atoms with van der Waals surface area (Å²) in [5.74, 6) is -0.500. The number of nitrogens with one attached hydrogen (secondary N) is 3. The molecule has 1 unspecified atom stereocenters. The monoisotopic (exact) mass is 283 g/mol. The standard InChI is InChI=1S/C11H17N5O4/c1-4(17)8(19)6-3-12-9-7(14-6)10(20)16-11(15-9)13-5(2)18/h4,6-8,14,17,19H,3H2,1-2H3,(H2,12,13,15,16,18,20)/t4-,6+,7?,8-/m0/s1. The quantitative estimate of drug-likeness (QED) is 0.370. The van der Waals surface area contributed by atoms with Gasteiger partial charge in [-0.1, -0.05) is 0 Å². The van der Waals surface area contributed by atoms with E-state index < -0.39 is 30.2 Å². The molecule has 9 heteroatoms. The summed E-state index contributed by atoms with van der Waals surface area (Å²) in [5, 5.41) is 26.8. The van der Waals surface area contributed by atoms with Gasteiger partial charge in [-0.3, -0.25) is 30.5 Å². The Morgan fingerprint density at radius 1 is 1.50 bits per heavy atom. The number of nitrogens with zero attached hydrogens (tertiary/aromatic N) is 2. The Hall–Kier alpha value is -1.84. The lowest BCUT2D eigenvalue weighted by Crippen LogP contribution is -2.64. The largest absolute Gasteiger partial charge is 0.391 e. The van der Waals surface area contributed by atoms with Gasteiger partial charge in [-0.05, 0) is 6.92 Å². The number of carbonyl (C=O) groups excluding carboxylic acids is 2. The van der Waals surface area contributed by atoms with Crippen LogP contribution in [0.1, 0.15) is 13.8 Å². The molecule has 0 aromatic carbocycles. The van der Waals surface area contributed by atoms with E-state index in [1.807, 2.05) is 0 Å². The van der Waals surface area contributed by atoms with E-state index in [0.29, 0.717) is 0 Å². The van der Waals surface area contributed by atoms with Crippen LogP contribution in [0.2, 0.25) is 0 Å². The number of hydrogen-bond donors (Lipinski definition) is 5. The summed E-state index contributed by atoms with van der Waals surface area (Å²) in [4.78, 5) is 31.0.